The molecular weight excluding hydrogens is 360 g/mol. The SMILES string of the molecule is CC(NC(=O)N1CCC(C(=O)O)CC1)c1noc(-c2ccc(Cl)cc2)n1. The Bertz CT molecular complexity index is 784. The van der Waals surface area contributed by atoms with E-state index in [-0.39, 0.29) is 11.9 Å². The maximum atomic E-state index is 12.3. The summed E-state index contributed by atoms with van der Waals surface area (Å²) in [4.78, 5) is 29.2. The van der Waals surface area contributed by atoms with E-state index in [9.17, 15) is 9.59 Å². The Balaban J connectivity index is 1.58. The van der Waals surface area contributed by atoms with Crippen molar-refractivity contribution in [1.29, 1.82) is 0 Å². The number of rotatable bonds is 4. The van der Waals surface area contributed by atoms with E-state index in [2.05, 4.69) is 15.5 Å². The Morgan fingerprint density at radius 3 is 2.58 bits per heavy atom. The van der Waals surface area contributed by atoms with Gasteiger partial charge in [0.2, 0.25) is 0 Å². The molecule has 2 amide bonds. The minimum absolute atomic E-state index is 0.265. The van der Waals surface area contributed by atoms with Crippen molar-refractivity contribution in [2.75, 3.05) is 13.1 Å². The minimum atomic E-state index is -0.806. The number of hydrogen-bond donors (Lipinski definition) is 2. The molecule has 0 saturated carbocycles. The Labute approximate surface area is 155 Å². The molecule has 138 valence electrons. The summed E-state index contributed by atoms with van der Waals surface area (Å²) >= 11 is 5.86. The second-order valence-corrected chi connectivity index (χ2v) is 6.67. The second kappa shape index (κ2) is 7.74. The van der Waals surface area contributed by atoms with Gasteiger partial charge in [-0.15, -0.1) is 0 Å². The molecule has 1 saturated heterocycles. The van der Waals surface area contributed by atoms with Gasteiger partial charge in [0.05, 0.1) is 12.0 Å². The summed E-state index contributed by atoms with van der Waals surface area (Å²) in [5.41, 5.74) is 0.738. The first-order chi connectivity index (χ1) is 12.4. The van der Waals surface area contributed by atoms with Gasteiger partial charge in [0, 0.05) is 23.7 Å². The number of carboxylic acids is 1. The molecule has 1 aliphatic heterocycles. The highest BCUT2D eigenvalue weighted by Crippen LogP contribution is 2.22. The van der Waals surface area contributed by atoms with E-state index in [0.29, 0.717) is 42.7 Å². The molecule has 2 heterocycles. The zero-order chi connectivity index (χ0) is 18.7. The number of urea groups is 1. The maximum Gasteiger partial charge on any atom is 0.317 e. The van der Waals surface area contributed by atoms with Crippen LogP contribution >= 0.6 is 11.6 Å². The summed E-state index contributed by atoms with van der Waals surface area (Å²) in [6.07, 6.45) is 0.917. The number of likely N-dealkylation sites (tertiary alicyclic amines) is 1. The van der Waals surface area contributed by atoms with Crippen LogP contribution in [0.15, 0.2) is 28.8 Å². The van der Waals surface area contributed by atoms with Crippen LogP contribution in [0.25, 0.3) is 11.5 Å². The van der Waals surface area contributed by atoms with Crippen molar-refractivity contribution in [3.63, 3.8) is 0 Å². The normalized spacial score (nSPS) is 16.3. The number of aliphatic carboxylic acids is 1. The first-order valence-electron chi connectivity index (χ1n) is 8.32. The summed E-state index contributed by atoms with van der Waals surface area (Å²) < 4.78 is 5.24. The number of carbonyl (C=O) groups is 2. The molecule has 1 unspecified atom stereocenters. The largest absolute Gasteiger partial charge is 0.481 e. The fraction of sp³-hybridized carbons (Fsp3) is 0.412. The fourth-order valence-corrected chi connectivity index (χ4v) is 2.92. The predicted octanol–water partition coefficient (Wildman–Crippen LogP) is 2.96. The average molecular weight is 379 g/mol. The molecule has 0 bridgehead atoms. The van der Waals surface area contributed by atoms with E-state index < -0.39 is 12.0 Å². The lowest BCUT2D eigenvalue weighted by atomic mass is 9.97. The molecule has 1 atom stereocenters. The van der Waals surface area contributed by atoms with Crippen LogP contribution < -0.4 is 5.32 Å². The highest BCUT2D eigenvalue weighted by molar-refractivity contribution is 6.30. The van der Waals surface area contributed by atoms with Crippen molar-refractivity contribution in [2.24, 2.45) is 5.92 Å². The lowest BCUT2D eigenvalue weighted by Gasteiger charge is -2.30. The monoisotopic (exact) mass is 378 g/mol. The number of hydrogen-bond acceptors (Lipinski definition) is 5. The van der Waals surface area contributed by atoms with Crippen LogP contribution in [0.2, 0.25) is 5.02 Å². The number of amides is 2. The molecule has 8 nitrogen and oxygen atoms in total. The molecule has 2 aromatic rings. The summed E-state index contributed by atoms with van der Waals surface area (Å²) in [7, 11) is 0. The van der Waals surface area contributed by atoms with E-state index in [1.54, 1.807) is 36.1 Å². The van der Waals surface area contributed by atoms with Gasteiger partial charge in [-0.25, -0.2) is 4.79 Å². The summed E-state index contributed by atoms with van der Waals surface area (Å²) in [5.74, 6) is -0.473. The van der Waals surface area contributed by atoms with Crippen molar-refractivity contribution in [1.82, 2.24) is 20.4 Å². The van der Waals surface area contributed by atoms with Gasteiger partial charge in [0.15, 0.2) is 5.82 Å². The molecule has 1 aliphatic rings. The van der Waals surface area contributed by atoms with Gasteiger partial charge in [-0.3, -0.25) is 4.79 Å². The van der Waals surface area contributed by atoms with Crippen LogP contribution in [0.1, 0.15) is 31.6 Å². The summed E-state index contributed by atoms with van der Waals surface area (Å²) in [6.45, 7) is 2.59. The van der Waals surface area contributed by atoms with Crippen molar-refractivity contribution in [3.05, 3.63) is 35.1 Å². The van der Waals surface area contributed by atoms with Crippen LogP contribution in [-0.2, 0) is 4.79 Å². The molecule has 1 aromatic carbocycles. The van der Waals surface area contributed by atoms with Crippen molar-refractivity contribution >= 4 is 23.6 Å². The fourth-order valence-electron chi connectivity index (χ4n) is 2.79. The van der Waals surface area contributed by atoms with Crippen LogP contribution in [0, 0.1) is 5.92 Å². The molecule has 2 N–H and O–H groups in total. The summed E-state index contributed by atoms with van der Waals surface area (Å²) in [5, 5.41) is 16.4. The number of carbonyl (C=O) groups excluding carboxylic acids is 1. The minimum Gasteiger partial charge on any atom is -0.481 e. The molecule has 0 radical (unpaired) electrons. The zero-order valence-electron chi connectivity index (χ0n) is 14.2. The van der Waals surface area contributed by atoms with Gasteiger partial charge in [0.1, 0.15) is 0 Å². The number of benzene rings is 1. The smallest absolute Gasteiger partial charge is 0.317 e. The predicted molar refractivity (Wildman–Crippen MR) is 93.6 cm³/mol. The van der Waals surface area contributed by atoms with E-state index >= 15 is 0 Å². The van der Waals surface area contributed by atoms with Gasteiger partial charge >= 0.3 is 12.0 Å². The summed E-state index contributed by atoms with van der Waals surface area (Å²) in [6, 6.07) is 6.30. The topological polar surface area (TPSA) is 109 Å². The average Bonchev–Trinajstić information content (AvgIpc) is 3.12. The van der Waals surface area contributed by atoms with Gasteiger partial charge in [0.25, 0.3) is 5.89 Å². The molecule has 26 heavy (non-hydrogen) atoms. The number of halogens is 1. The maximum absolute atomic E-state index is 12.3. The number of nitrogens with zero attached hydrogens (tertiary/aromatic N) is 3. The van der Waals surface area contributed by atoms with Crippen molar-refractivity contribution in [3.8, 4) is 11.5 Å². The molecular formula is C17H19ClN4O4. The number of carboxylic acid groups (broad SMARTS) is 1. The second-order valence-electron chi connectivity index (χ2n) is 6.24. The highest BCUT2D eigenvalue weighted by Gasteiger charge is 2.28. The van der Waals surface area contributed by atoms with Gasteiger partial charge < -0.3 is 19.8 Å². The van der Waals surface area contributed by atoms with Crippen molar-refractivity contribution < 1.29 is 19.2 Å². The van der Waals surface area contributed by atoms with Crippen LogP contribution in [-0.4, -0.2) is 45.2 Å². The Morgan fingerprint density at radius 1 is 1.31 bits per heavy atom. The van der Waals surface area contributed by atoms with Crippen molar-refractivity contribution in [2.45, 2.75) is 25.8 Å². The zero-order valence-corrected chi connectivity index (χ0v) is 14.9. The van der Waals surface area contributed by atoms with Crippen LogP contribution in [0.4, 0.5) is 4.79 Å². The first kappa shape index (κ1) is 18.2. The van der Waals surface area contributed by atoms with E-state index in [4.69, 9.17) is 21.2 Å². The number of nitrogens with one attached hydrogen (secondary N) is 1. The molecule has 3 rings (SSSR count). The first-order valence-corrected chi connectivity index (χ1v) is 8.69. The molecule has 1 fully saturated rings. The third-order valence-electron chi connectivity index (χ3n) is 4.39. The molecule has 1 aromatic heterocycles. The molecule has 0 spiro atoms. The van der Waals surface area contributed by atoms with Gasteiger partial charge in [-0.2, -0.15) is 4.98 Å². The quantitative estimate of drug-likeness (QED) is 0.846. The molecule has 0 aliphatic carbocycles. The Kier molecular flexibility index (Phi) is 5.41. The van der Waals surface area contributed by atoms with E-state index in [0.717, 1.165) is 5.56 Å². The van der Waals surface area contributed by atoms with Crippen LogP contribution in [0.3, 0.4) is 0 Å². The van der Waals surface area contributed by atoms with Crippen LogP contribution in [0.5, 0.6) is 0 Å². The van der Waals surface area contributed by atoms with Gasteiger partial charge in [-0.1, -0.05) is 16.8 Å². The Hall–Kier alpha value is -2.61. The van der Waals surface area contributed by atoms with E-state index in [1.807, 2.05) is 0 Å². The highest BCUT2D eigenvalue weighted by atomic mass is 35.5. The Morgan fingerprint density at radius 2 is 1.96 bits per heavy atom. The lowest BCUT2D eigenvalue weighted by molar-refractivity contribution is -0.143. The third-order valence-corrected chi connectivity index (χ3v) is 4.64. The van der Waals surface area contributed by atoms with E-state index in [1.165, 1.54) is 0 Å². The standard InChI is InChI=1S/C17H19ClN4O4/c1-10(19-17(25)22-8-6-12(7-9-22)16(23)24)14-20-15(26-21-14)11-2-4-13(18)5-3-11/h2-5,10,12H,6-9H2,1H3,(H,19,25)(H,23,24). The van der Waals surface area contributed by atoms with Gasteiger partial charge in [-0.05, 0) is 44.0 Å². The number of piperidine rings is 1. The molecule has 9 heteroatoms. The lowest BCUT2D eigenvalue weighted by Crippen LogP contribution is -2.46. The third kappa shape index (κ3) is 4.13. The number of aromatic nitrogens is 2.